The van der Waals surface area contributed by atoms with Gasteiger partial charge in [0, 0.05) is 13.8 Å². The topological polar surface area (TPSA) is 81.7 Å². The smallest absolute Gasteiger partial charge is 0.354 e. The van der Waals surface area contributed by atoms with Gasteiger partial charge in [-0.1, -0.05) is 27.7 Å². The largest absolute Gasteiger partial charge is 0.464 e. The number of esters is 2. The Bertz CT molecular complexity index is 703. The van der Waals surface area contributed by atoms with Gasteiger partial charge in [-0.05, 0) is 46.7 Å². The van der Waals surface area contributed by atoms with E-state index in [1.807, 2.05) is 27.7 Å². The number of benzene rings is 1. The molecular weight excluding hydrogens is 334 g/mol. The van der Waals surface area contributed by atoms with Crippen LogP contribution in [0.25, 0.3) is 6.08 Å². The van der Waals surface area contributed by atoms with Gasteiger partial charge in [-0.2, -0.15) is 0 Å². The van der Waals surface area contributed by atoms with Crippen molar-refractivity contribution in [3.8, 4) is 5.75 Å². The third-order valence-electron chi connectivity index (χ3n) is 3.73. The highest BCUT2D eigenvalue weighted by Crippen LogP contribution is 2.34. The molecule has 0 heterocycles. The molecule has 26 heavy (non-hydrogen) atoms. The number of hydrogen-bond donors (Lipinski definition) is 1. The van der Waals surface area contributed by atoms with Crippen LogP contribution in [-0.4, -0.2) is 25.0 Å². The van der Waals surface area contributed by atoms with Crippen LogP contribution in [0.2, 0.25) is 0 Å². The molecule has 0 bridgehead atoms. The fourth-order valence-corrected chi connectivity index (χ4v) is 2.61. The summed E-state index contributed by atoms with van der Waals surface area (Å²) < 4.78 is 10.0. The van der Waals surface area contributed by atoms with E-state index in [9.17, 15) is 14.4 Å². The summed E-state index contributed by atoms with van der Waals surface area (Å²) >= 11 is 0. The Balaban J connectivity index is 3.69. The zero-order valence-electron chi connectivity index (χ0n) is 16.4. The van der Waals surface area contributed by atoms with E-state index in [0.29, 0.717) is 5.75 Å². The van der Waals surface area contributed by atoms with E-state index in [-0.39, 0.29) is 23.4 Å². The standard InChI is InChI=1S/C20H27NO5/c1-11(2)16-8-15(26-14(6)23)9-17(12(3)4)18(16)10-19(20(24)25-7)21-13(5)22/h8-12H,1-7H3,(H,21,22)/b19-10+. The average molecular weight is 361 g/mol. The molecule has 6 heteroatoms. The summed E-state index contributed by atoms with van der Waals surface area (Å²) in [6.07, 6.45) is 1.62. The molecule has 6 nitrogen and oxygen atoms in total. The predicted molar refractivity (Wildman–Crippen MR) is 99.7 cm³/mol. The van der Waals surface area contributed by atoms with Gasteiger partial charge in [-0.3, -0.25) is 9.59 Å². The molecule has 1 rings (SSSR count). The van der Waals surface area contributed by atoms with E-state index in [0.717, 1.165) is 16.7 Å². The Morgan fingerprint density at radius 3 is 1.85 bits per heavy atom. The lowest BCUT2D eigenvalue weighted by atomic mass is 9.87. The molecule has 0 radical (unpaired) electrons. The quantitative estimate of drug-likeness (QED) is 0.476. The Hall–Kier alpha value is -2.63. The molecular formula is C20H27NO5. The molecule has 0 aromatic heterocycles. The zero-order valence-corrected chi connectivity index (χ0v) is 16.4. The van der Waals surface area contributed by atoms with Crippen molar-refractivity contribution in [1.82, 2.24) is 5.32 Å². The minimum atomic E-state index is -0.631. The highest BCUT2D eigenvalue weighted by Gasteiger charge is 2.19. The zero-order chi connectivity index (χ0) is 20.0. The van der Waals surface area contributed by atoms with Gasteiger partial charge in [0.1, 0.15) is 11.4 Å². The SMILES string of the molecule is COC(=O)/C(=C\c1c(C(C)C)cc(OC(C)=O)cc1C(C)C)NC(C)=O. The maximum Gasteiger partial charge on any atom is 0.354 e. The first-order chi connectivity index (χ1) is 12.1. The van der Waals surface area contributed by atoms with Crippen molar-refractivity contribution in [2.75, 3.05) is 7.11 Å². The number of amides is 1. The summed E-state index contributed by atoms with van der Waals surface area (Å²) in [4.78, 5) is 34.9. The first kappa shape index (κ1) is 21.4. The highest BCUT2D eigenvalue weighted by molar-refractivity contribution is 5.98. The number of carbonyl (C=O) groups excluding carboxylic acids is 3. The van der Waals surface area contributed by atoms with Crippen LogP contribution >= 0.6 is 0 Å². The fraction of sp³-hybridized carbons (Fsp3) is 0.450. The molecule has 1 N–H and O–H groups in total. The first-order valence-electron chi connectivity index (χ1n) is 8.50. The molecule has 0 atom stereocenters. The van der Waals surface area contributed by atoms with Gasteiger partial charge in [-0.25, -0.2) is 4.79 Å². The Labute approximate surface area is 154 Å². The van der Waals surface area contributed by atoms with Crippen LogP contribution in [0, 0.1) is 0 Å². The summed E-state index contributed by atoms with van der Waals surface area (Å²) in [5, 5.41) is 2.52. The molecule has 0 unspecified atom stereocenters. The molecule has 1 amide bonds. The van der Waals surface area contributed by atoms with E-state index in [1.165, 1.54) is 21.0 Å². The van der Waals surface area contributed by atoms with Crippen molar-refractivity contribution in [3.63, 3.8) is 0 Å². The molecule has 0 aliphatic heterocycles. The normalized spacial score (nSPS) is 11.5. The summed E-state index contributed by atoms with van der Waals surface area (Å²) in [5.41, 5.74) is 2.67. The van der Waals surface area contributed by atoms with Crippen molar-refractivity contribution in [3.05, 3.63) is 34.5 Å². The van der Waals surface area contributed by atoms with E-state index in [1.54, 1.807) is 18.2 Å². The van der Waals surface area contributed by atoms with Crippen LogP contribution in [0.4, 0.5) is 0 Å². The Morgan fingerprint density at radius 2 is 1.50 bits per heavy atom. The van der Waals surface area contributed by atoms with Gasteiger partial charge in [0.15, 0.2) is 0 Å². The number of ether oxygens (including phenoxy) is 2. The van der Waals surface area contributed by atoms with E-state index in [4.69, 9.17) is 9.47 Å². The third kappa shape index (κ3) is 5.72. The van der Waals surface area contributed by atoms with E-state index in [2.05, 4.69) is 5.32 Å². The molecule has 0 fully saturated rings. The lowest BCUT2D eigenvalue weighted by Gasteiger charge is -2.20. The molecule has 0 spiro atoms. The van der Waals surface area contributed by atoms with Gasteiger partial charge in [-0.15, -0.1) is 0 Å². The molecule has 0 saturated heterocycles. The number of methoxy groups -OCH3 is 1. The van der Waals surface area contributed by atoms with Crippen LogP contribution in [-0.2, 0) is 19.1 Å². The van der Waals surface area contributed by atoms with Crippen LogP contribution in [0.1, 0.15) is 70.1 Å². The van der Waals surface area contributed by atoms with Crippen LogP contribution in [0.5, 0.6) is 5.75 Å². The predicted octanol–water partition coefficient (Wildman–Crippen LogP) is 3.51. The summed E-state index contributed by atoms with van der Waals surface area (Å²) in [5.74, 6) is -0.729. The number of rotatable bonds is 6. The summed E-state index contributed by atoms with van der Waals surface area (Å²) in [6, 6.07) is 3.57. The lowest BCUT2D eigenvalue weighted by molar-refractivity contribution is -0.137. The Kier molecular flexibility index (Phi) is 7.56. The van der Waals surface area contributed by atoms with Crippen molar-refractivity contribution < 1.29 is 23.9 Å². The van der Waals surface area contributed by atoms with Crippen LogP contribution < -0.4 is 10.1 Å². The van der Waals surface area contributed by atoms with Gasteiger partial charge in [0.2, 0.25) is 5.91 Å². The number of hydrogen-bond acceptors (Lipinski definition) is 5. The lowest BCUT2D eigenvalue weighted by Crippen LogP contribution is -2.25. The number of nitrogens with one attached hydrogen (secondary N) is 1. The molecule has 1 aromatic rings. The van der Waals surface area contributed by atoms with Crippen molar-refractivity contribution in [1.29, 1.82) is 0 Å². The van der Waals surface area contributed by atoms with E-state index < -0.39 is 11.9 Å². The van der Waals surface area contributed by atoms with Crippen molar-refractivity contribution in [2.24, 2.45) is 0 Å². The molecule has 142 valence electrons. The van der Waals surface area contributed by atoms with Crippen LogP contribution in [0.3, 0.4) is 0 Å². The minimum absolute atomic E-state index is 0.0593. The molecule has 0 saturated carbocycles. The minimum Gasteiger partial charge on any atom is -0.464 e. The maximum absolute atomic E-state index is 12.1. The highest BCUT2D eigenvalue weighted by atomic mass is 16.5. The monoisotopic (exact) mass is 361 g/mol. The van der Waals surface area contributed by atoms with Gasteiger partial charge < -0.3 is 14.8 Å². The fourth-order valence-electron chi connectivity index (χ4n) is 2.61. The van der Waals surface area contributed by atoms with Crippen molar-refractivity contribution in [2.45, 2.75) is 53.4 Å². The van der Waals surface area contributed by atoms with Crippen LogP contribution in [0.15, 0.2) is 17.8 Å². The van der Waals surface area contributed by atoms with E-state index >= 15 is 0 Å². The van der Waals surface area contributed by atoms with Crippen molar-refractivity contribution >= 4 is 23.9 Å². The second-order valence-corrected chi connectivity index (χ2v) is 6.65. The molecule has 0 aliphatic rings. The molecule has 1 aromatic carbocycles. The summed E-state index contributed by atoms with van der Waals surface area (Å²) in [7, 11) is 1.26. The van der Waals surface area contributed by atoms with Gasteiger partial charge >= 0.3 is 11.9 Å². The first-order valence-corrected chi connectivity index (χ1v) is 8.50. The van der Waals surface area contributed by atoms with Gasteiger partial charge in [0.25, 0.3) is 0 Å². The molecule has 0 aliphatic carbocycles. The Morgan fingerprint density at radius 1 is 1.00 bits per heavy atom. The second kappa shape index (κ2) is 9.17. The number of carbonyl (C=O) groups is 3. The third-order valence-corrected chi connectivity index (χ3v) is 3.73. The average Bonchev–Trinajstić information content (AvgIpc) is 2.52. The van der Waals surface area contributed by atoms with Gasteiger partial charge in [0.05, 0.1) is 7.11 Å². The maximum atomic E-state index is 12.1. The summed E-state index contributed by atoms with van der Waals surface area (Å²) in [6.45, 7) is 10.7. The second-order valence-electron chi connectivity index (χ2n) is 6.65.